The van der Waals surface area contributed by atoms with E-state index >= 15 is 0 Å². The van der Waals surface area contributed by atoms with Crippen LogP contribution in [0.2, 0.25) is 0 Å². The molecule has 1 aliphatic heterocycles. The fourth-order valence-electron chi connectivity index (χ4n) is 2.69. The molecule has 29 heavy (non-hydrogen) atoms. The maximum absolute atomic E-state index is 12.3. The smallest absolute Gasteiger partial charge is 0.250 e. The third-order valence-electron chi connectivity index (χ3n) is 4.14. The second kappa shape index (κ2) is 9.29. The maximum Gasteiger partial charge on any atom is 0.250 e. The van der Waals surface area contributed by atoms with Crippen LogP contribution in [-0.4, -0.2) is 30.1 Å². The lowest BCUT2D eigenvalue weighted by molar-refractivity contribution is -0.122. The van der Waals surface area contributed by atoms with Crippen LogP contribution in [-0.2, 0) is 14.4 Å². The van der Waals surface area contributed by atoms with Crippen molar-refractivity contribution < 1.29 is 19.1 Å². The Bertz CT molecular complexity index is 957. The zero-order chi connectivity index (χ0) is 20.8. The molecule has 150 valence electrons. The molecule has 8 heteroatoms. The van der Waals surface area contributed by atoms with Crippen molar-refractivity contribution in [1.29, 1.82) is 0 Å². The molecule has 7 nitrogen and oxygen atoms in total. The second-order valence-corrected chi connectivity index (χ2v) is 7.66. The highest BCUT2D eigenvalue weighted by Gasteiger charge is 2.31. The first-order valence-corrected chi connectivity index (χ1v) is 9.82. The van der Waals surface area contributed by atoms with Crippen molar-refractivity contribution in [2.45, 2.75) is 18.6 Å². The number of ether oxygens (including phenoxy) is 1. The molecule has 0 radical (unpaired) electrons. The summed E-state index contributed by atoms with van der Waals surface area (Å²) in [6.07, 6.45) is 1.30. The number of amides is 3. The number of hydrogen-bond donors (Lipinski definition) is 3. The van der Waals surface area contributed by atoms with Crippen molar-refractivity contribution in [3.8, 4) is 5.75 Å². The molecule has 0 aliphatic carbocycles. The van der Waals surface area contributed by atoms with Crippen LogP contribution in [0.5, 0.6) is 5.75 Å². The van der Waals surface area contributed by atoms with Crippen molar-refractivity contribution in [2.75, 3.05) is 17.7 Å². The number of thioether (sulfide) groups is 1. The fourth-order valence-corrected chi connectivity index (χ4v) is 3.74. The van der Waals surface area contributed by atoms with Gasteiger partial charge in [0.15, 0.2) is 0 Å². The summed E-state index contributed by atoms with van der Waals surface area (Å²) < 4.78 is 5.20. The molecule has 0 bridgehead atoms. The molecule has 1 saturated heterocycles. The van der Waals surface area contributed by atoms with E-state index in [1.807, 2.05) is 19.1 Å². The van der Waals surface area contributed by atoms with Gasteiger partial charge in [-0.05, 0) is 31.2 Å². The third-order valence-corrected chi connectivity index (χ3v) is 5.28. The molecule has 2 aromatic carbocycles. The van der Waals surface area contributed by atoms with Gasteiger partial charge in [-0.1, -0.05) is 41.6 Å². The summed E-state index contributed by atoms with van der Waals surface area (Å²) in [6, 6.07) is 14.4. The average Bonchev–Trinajstić information content (AvgIpc) is 3.02. The van der Waals surface area contributed by atoms with Crippen LogP contribution in [0.15, 0.2) is 59.6 Å². The summed E-state index contributed by atoms with van der Waals surface area (Å²) in [5.74, 6) is -0.430. The van der Waals surface area contributed by atoms with Crippen LogP contribution >= 0.6 is 11.8 Å². The van der Waals surface area contributed by atoms with Gasteiger partial charge >= 0.3 is 0 Å². The third kappa shape index (κ3) is 5.61. The van der Waals surface area contributed by atoms with E-state index in [0.717, 1.165) is 17.3 Å². The van der Waals surface area contributed by atoms with Gasteiger partial charge in [0.05, 0.1) is 23.1 Å². The number of para-hydroxylation sites is 2. The lowest BCUT2D eigenvalue weighted by Crippen LogP contribution is -2.26. The number of anilines is 2. The van der Waals surface area contributed by atoms with Crippen LogP contribution in [0, 0.1) is 6.92 Å². The average molecular weight is 411 g/mol. The van der Waals surface area contributed by atoms with E-state index in [0.29, 0.717) is 22.2 Å². The molecule has 1 atom stereocenters. The standard InChI is InChI=1S/C21H21N3O4S/c1-13-7-9-14(10-8-13)22-19(26)12-20-24-21(27)17(29-20)11-18(25)23-15-5-3-4-6-16(15)28-2/h3-10,12,17H,11H2,1-2H3,(H,22,26)(H,23,25)(H,24,27)/b20-12-/t17-/m1/s1. The molecule has 3 N–H and O–H groups in total. The van der Waals surface area contributed by atoms with Crippen LogP contribution in [0.4, 0.5) is 11.4 Å². The summed E-state index contributed by atoms with van der Waals surface area (Å²) in [6.45, 7) is 1.96. The summed E-state index contributed by atoms with van der Waals surface area (Å²) in [7, 11) is 1.52. The van der Waals surface area contributed by atoms with Crippen LogP contribution in [0.3, 0.4) is 0 Å². The molecule has 1 aliphatic rings. The number of hydrogen-bond acceptors (Lipinski definition) is 5. The van der Waals surface area contributed by atoms with Crippen molar-refractivity contribution in [1.82, 2.24) is 5.32 Å². The molecular formula is C21H21N3O4S. The Morgan fingerprint density at radius 3 is 2.59 bits per heavy atom. The van der Waals surface area contributed by atoms with E-state index in [1.165, 1.54) is 13.2 Å². The summed E-state index contributed by atoms with van der Waals surface area (Å²) in [4.78, 5) is 36.6. The summed E-state index contributed by atoms with van der Waals surface area (Å²) >= 11 is 1.16. The minimum atomic E-state index is -0.608. The molecule has 2 aromatic rings. The SMILES string of the molecule is COc1ccccc1NC(=O)C[C@H]1S/C(=C\C(=O)Nc2ccc(C)cc2)NC1=O. The maximum atomic E-state index is 12.3. The largest absolute Gasteiger partial charge is 0.495 e. The van der Waals surface area contributed by atoms with Crippen molar-refractivity contribution >= 4 is 40.9 Å². The van der Waals surface area contributed by atoms with E-state index in [-0.39, 0.29) is 24.1 Å². The lowest BCUT2D eigenvalue weighted by Gasteiger charge is -2.10. The van der Waals surface area contributed by atoms with Gasteiger partial charge in [0.25, 0.3) is 5.91 Å². The predicted molar refractivity (Wildman–Crippen MR) is 114 cm³/mol. The Balaban J connectivity index is 1.56. The highest BCUT2D eigenvalue weighted by atomic mass is 32.2. The van der Waals surface area contributed by atoms with Gasteiger partial charge in [-0.2, -0.15) is 0 Å². The number of aryl methyl sites for hydroxylation is 1. The highest BCUT2D eigenvalue weighted by molar-refractivity contribution is 8.04. The Morgan fingerprint density at radius 1 is 1.14 bits per heavy atom. The van der Waals surface area contributed by atoms with Gasteiger partial charge in [0.1, 0.15) is 5.75 Å². The fraction of sp³-hybridized carbons (Fsp3) is 0.190. The van der Waals surface area contributed by atoms with E-state index in [2.05, 4.69) is 16.0 Å². The molecule has 0 unspecified atom stereocenters. The van der Waals surface area contributed by atoms with Gasteiger partial charge in [-0.25, -0.2) is 0 Å². The zero-order valence-corrected chi connectivity index (χ0v) is 16.8. The van der Waals surface area contributed by atoms with Crippen LogP contribution in [0.1, 0.15) is 12.0 Å². The first kappa shape index (κ1) is 20.5. The quantitative estimate of drug-likeness (QED) is 0.635. The number of carbonyl (C=O) groups is 3. The first-order valence-electron chi connectivity index (χ1n) is 8.94. The summed E-state index contributed by atoms with van der Waals surface area (Å²) in [5, 5.41) is 7.93. The monoisotopic (exact) mass is 411 g/mol. The van der Waals surface area contributed by atoms with E-state index in [4.69, 9.17) is 4.74 Å². The predicted octanol–water partition coefficient (Wildman–Crippen LogP) is 3.04. The zero-order valence-electron chi connectivity index (χ0n) is 16.0. The first-order chi connectivity index (χ1) is 13.9. The minimum Gasteiger partial charge on any atom is -0.495 e. The van der Waals surface area contributed by atoms with Gasteiger partial charge in [0.2, 0.25) is 11.8 Å². The molecule has 0 spiro atoms. The molecule has 3 amide bonds. The van der Waals surface area contributed by atoms with Crippen molar-refractivity contribution in [3.05, 3.63) is 65.2 Å². The number of rotatable bonds is 6. The normalized spacial score (nSPS) is 17.0. The van der Waals surface area contributed by atoms with E-state index in [9.17, 15) is 14.4 Å². The number of carbonyl (C=O) groups excluding carboxylic acids is 3. The van der Waals surface area contributed by atoms with Crippen molar-refractivity contribution in [2.24, 2.45) is 0 Å². The highest BCUT2D eigenvalue weighted by Crippen LogP contribution is 2.30. The molecule has 3 rings (SSSR count). The number of benzene rings is 2. The van der Waals surface area contributed by atoms with Crippen molar-refractivity contribution in [3.63, 3.8) is 0 Å². The second-order valence-electron chi connectivity index (χ2n) is 6.41. The molecule has 1 heterocycles. The minimum absolute atomic E-state index is 0.0224. The topological polar surface area (TPSA) is 96.5 Å². The Kier molecular flexibility index (Phi) is 6.56. The number of methoxy groups -OCH3 is 1. The molecule has 1 fully saturated rings. The van der Waals surface area contributed by atoms with E-state index < -0.39 is 5.25 Å². The van der Waals surface area contributed by atoms with Gasteiger partial charge < -0.3 is 20.7 Å². The molecule has 0 aromatic heterocycles. The van der Waals surface area contributed by atoms with E-state index in [1.54, 1.807) is 36.4 Å². The Morgan fingerprint density at radius 2 is 1.86 bits per heavy atom. The lowest BCUT2D eigenvalue weighted by atomic mass is 10.2. The molecular weight excluding hydrogens is 390 g/mol. The Labute approximate surface area is 172 Å². The summed E-state index contributed by atoms with van der Waals surface area (Å²) in [5.41, 5.74) is 2.30. The van der Waals surface area contributed by atoms with Crippen LogP contribution < -0.4 is 20.7 Å². The number of nitrogens with one attached hydrogen (secondary N) is 3. The van der Waals surface area contributed by atoms with Gasteiger partial charge in [-0.3, -0.25) is 14.4 Å². The molecule has 0 saturated carbocycles. The Hall–Kier alpha value is -3.26. The van der Waals surface area contributed by atoms with Gasteiger partial charge in [-0.15, -0.1) is 0 Å². The van der Waals surface area contributed by atoms with Gasteiger partial charge in [0, 0.05) is 18.2 Å². The van der Waals surface area contributed by atoms with Crippen LogP contribution in [0.25, 0.3) is 0 Å².